The highest BCUT2D eigenvalue weighted by Gasteiger charge is 2.28. The van der Waals surface area contributed by atoms with Gasteiger partial charge >= 0.3 is 18.1 Å². The van der Waals surface area contributed by atoms with Crippen LogP contribution in [0.4, 0.5) is 15.3 Å². The molecule has 252 valence electrons. The van der Waals surface area contributed by atoms with Crippen molar-refractivity contribution in [3.8, 4) is 17.2 Å². The van der Waals surface area contributed by atoms with E-state index in [0.29, 0.717) is 28.1 Å². The number of pyridine rings is 1. The summed E-state index contributed by atoms with van der Waals surface area (Å²) in [6.07, 6.45) is 1.83. The Hall–Kier alpha value is -4.47. The van der Waals surface area contributed by atoms with Crippen molar-refractivity contribution in [3.63, 3.8) is 0 Å². The average Bonchev–Trinajstić information content (AvgIpc) is 3.84. The van der Waals surface area contributed by atoms with Crippen LogP contribution in [0.5, 0.6) is 17.2 Å². The van der Waals surface area contributed by atoms with Gasteiger partial charge in [-0.25, -0.2) is 14.7 Å². The van der Waals surface area contributed by atoms with Crippen molar-refractivity contribution >= 4 is 59.7 Å². The van der Waals surface area contributed by atoms with E-state index in [1.165, 1.54) is 45.5 Å². The molecule has 5 N–H and O–H groups in total. The number of hydrogen-bond acceptors (Lipinski definition) is 11. The van der Waals surface area contributed by atoms with Gasteiger partial charge in [-0.15, -0.1) is 0 Å². The van der Waals surface area contributed by atoms with Crippen molar-refractivity contribution in [2.24, 2.45) is 0 Å². The van der Waals surface area contributed by atoms with Gasteiger partial charge in [0, 0.05) is 36.9 Å². The molecule has 1 aliphatic carbocycles. The van der Waals surface area contributed by atoms with Gasteiger partial charge in [0.05, 0.1) is 35.5 Å². The third-order valence-corrected chi connectivity index (χ3v) is 8.78. The normalized spacial score (nSPS) is 14.4. The molecule has 1 heterocycles. The number of carboxylic acid groups (broad SMARTS) is 1. The summed E-state index contributed by atoms with van der Waals surface area (Å²) in [5.74, 6) is -1.36. The number of urea groups is 1. The molecule has 0 bridgehead atoms. The number of imide groups is 1. The molecule has 2 aromatic carbocycles. The minimum atomic E-state index is -3.74. The number of fused-ring (bicyclic) bond motifs is 1. The van der Waals surface area contributed by atoms with Gasteiger partial charge in [-0.2, -0.15) is 0 Å². The highest BCUT2D eigenvalue weighted by molar-refractivity contribution is 7.56. The summed E-state index contributed by atoms with van der Waals surface area (Å²) in [5.41, 5.74) is 0.775. The lowest BCUT2D eigenvalue weighted by Gasteiger charge is -2.21. The number of carbonyl (C=O) groups is 4. The molecule has 0 aliphatic heterocycles. The number of halogens is 1. The first-order chi connectivity index (χ1) is 22.4. The Bertz CT molecular complexity index is 1700. The fraction of sp³-hybridized carbons (Fsp3) is 0.345. The van der Waals surface area contributed by atoms with Gasteiger partial charge < -0.3 is 39.2 Å². The number of ether oxygens (including phenoxy) is 4. The molecule has 1 aliphatic rings. The van der Waals surface area contributed by atoms with Gasteiger partial charge in [-0.3, -0.25) is 24.5 Å². The molecule has 16 nitrogen and oxygen atoms in total. The number of rotatable bonds is 15. The molecule has 1 saturated carbocycles. The molecule has 4 amide bonds. The first kappa shape index (κ1) is 35.4. The third kappa shape index (κ3) is 10.0. The summed E-state index contributed by atoms with van der Waals surface area (Å²) in [5, 5.41) is 19.6. The van der Waals surface area contributed by atoms with Crippen LogP contribution in [-0.4, -0.2) is 80.0 Å². The summed E-state index contributed by atoms with van der Waals surface area (Å²) in [6, 6.07) is 7.85. The second kappa shape index (κ2) is 15.9. The highest BCUT2D eigenvalue weighted by atomic mass is 35.5. The first-order valence-corrected chi connectivity index (χ1v) is 16.3. The minimum Gasteiger partial charge on any atom is -0.496 e. The lowest BCUT2D eigenvalue weighted by atomic mass is 10.1. The van der Waals surface area contributed by atoms with Gasteiger partial charge in [-0.1, -0.05) is 11.6 Å². The summed E-state index contributed by atoms with van der Waals surface area (Å²) < 4.78 is 39.2. The van der Waals surface area contributed by atoms with Gasteiger partial charge in [0.2, 0.25) is 0 Å². The maximum absolute atomic E-state index is 13.1. The van der Waals surface area contributed by atoms with Gasteiger partial charge in [0.25, 0.3) is 13.4 Å². The van der Waals surface area contributed by atoms with Crippen molar-refractivity contribution < 1.29 is 52.3 Å². The topological polar surface area (TPSA) is 213 Å². The van der Waals surface area contributed by atoms with Crippen LogP contribution in [0.15, 0.2) is 42.6 Å². The molecule has 0 radical (unpaired) electrons. The molecular formula is C29H33ClN5O11P. The van der Waals surface area contributed by atoms with E-state index >= 15 is 0 Å². The second-order valence-electron chi connectivity index (χ2n) is 10.2. The van der Waals surface area contributed by atoms with E-state index in [9.17, 15) is 23.7 Å². The van der Waals surface area contributed by atoms with Crippen LogP contribution in [0.1, 0.15) is 30.1 Å². The van der Waals surface area contributed by atoms with Gasteiger partial charge in [-0.05, 0) is 44.0 Å². The van der Waals surface area contributed by atoms with Gasteiger partial charge in [0.1, 0.15) is 36.2 Å². The zero-order valence-corrected chi connectivity index (χ0v) is 27.2. The van der Waals surface area contributed by atoms with Crippen LogP contribution in [0.25, 0.3) is 10.9 Å². The Labute approximate surface area is 273 Å². The number of amides is 4. The number of hydrogen-bond donors (Lipinski definition) is 5. The number of nitrogens with zero attached hydrogens (tertiary/aromatic N) is 1. The number of carbonyl (C=O) groups excluding carboxylic acids is 3. The molecule has 0 saturated heterocycles. The summed E-state index contributed by atoms with van der Waals surface area (Å²) in [4.78, 5) is 53.0. The van der Waals surface area contributed by atoms with E-state index in [4.69, 9.17) is 40.2 Å². The first-order valence-electron chi connectivity index (χ1n) is 14.1. The Kier molecular flexibility index (Phi) is 12.0. The molecule has 4 rings (SSSR count). The number of aliphatic carboxylic acids is 1. The lowest BCUT2D eigenvalue weighted by molar-refractivity contribution is -0.138. The molecule has 47 heavy (non-hydrogen) atoms. The average molecular weight is 694 g/mol. The minimum absolute atomic E-state index is 0.0400. The fourth-order valence-electron chi connectivity index (χ4n) is 4.09. The van der Waals surface area contributed by atoms with E-state index in [2.05, 4.69) is 26.0 Å². The Morgan fingerprint density at radius 2 is 1.85 bits per heavy atom. The number of methoxy groups -OCH3 is 2. The third-order valence-electron chi connectivity index (χ3n) is 6.49. The molecule has 1 aromatic heterocycles. The summed E-state index contributed by atoms with van der Waals surface area (Å²) >= 11 is 6.38. The highest BCUT2D eigenvalue weighted by Crippen LogP contribution is 2.42. The standard InChI is InChI=1S/C29H33ClN5O11P/c1-16(27(37)38)35-47(41,15-42-2)45-11-10-44-29(40)34-26(36)20-13-19-23(14-25(20)43-3)31-9-8-24(19)46-18-6-7-22(21(30)12-18)33-28(39)32-17-4-5-17/h6-9,12-14,16-17H,4-5,10-11,15H2,1-3H3,(H,35,41)(H,37,38)(H2,32,33,39)(H,34,36,40)/t16-,47?/m0/s1. The van der Waals surface area contributed by atoms with Crippen molar-refractivity contribution in [3.05, 3.63) is 53.2 Å². The summed E-state index contributed by atoms with van der Waals surface area (Å²) in [6.45, 7) is 0.469. The molecule has 1 unspecified atom stereocenters. The smallest absolute Gasteiger partial charge is 0.414 e. The Morgan fingerprint density at radius 3 is 2.51 bits per heavy atom. The number of alkyl carbamates (subject to hydrolysis) is 1. The Balaban J connectivity index is 1.41. The van der Waals surface area contributed by atoms with E-state index in [0.717, 1.165) is 12.8 Å². The molecular weight excluding hydrogens is 661 g/mol. The van der Waals surface area contributed by atoms with Crippen LogP contribution in [-0.2, 0) is 23.4 Å². The van der Waals surface area contributed by atoms with E-state index in [1.807, 2.05) is 0 Å². The lowest BCUT2D eigenvalue weighted by Crippen LogP contribution is -2.34. The Morgan fingerprint density at radius 1 is 1.09 bits per heavy atom. The van der Waals surface area contributed by atoms with Crippen LogP contribution >= 0.6 is 19.1 Å². The predicted octanol–water partition coefficient (Wildman–Crippen LogP) is 4.72. The molecule has 3 aromatic rings. The van der Waals surface area contributed by atoms with E-state index in [1.54, 1.807) is 18.2 Å². The molecule has 18 heteroatoms. The van der Waals surface area contributed by atoms with Gasteiger partial charge in [0.15, 0.2) is 0 Å². The number of carboxylic acids is 1. The fourth-order valence-corrected chi connectivity index (χ4v) is 5.94. The number of benzene rings is 2. The SMILES string of the molecule is COCP(=O)(N[C@@H](C)C(=O)O)OCCOC(=O)NC(=O)c1cc2c(Oc3ccc(NC(=O)NC4CC4)c(Cl)c3)ccnc2cc1OC. The van der Waals surface area contributed by atoms with Crippen molar-refractivity contribution in [1.82, 2.24) is 20.7 Å². The molecule has 0 spiro atoms. The van der Waals surface area contributed by atoms with Crippen LogP contribution < -0.4 is 30.5 Å². The quantitative estimate of drug-likeness (QED) is 0.108. The zero-order chi connectivity index (χ0) is 34.1. The van der Waals surface area contributed by atoms with Crippen molar-refractivity contribution in [2.75, 3.05) is 39.1 Å². The monoisotopic (exact) mass is 693 g/mol. The van der Waals surface area contributed by atoms with Crippen molar-refractivity contribution in [1.29, 1.82) is 0 Å². The van der Waals surface area contributed by atoms with Crippen LogP contribution in [0, 0.1) is 0 Å². The number of anilines is 1. The van der Waals surface area contributed by atoms with Crippen LogP contribution in [0.3, 0.4) is 0 Å². The second-order valence-corrected chi connectivity index (χ2v) is 12.7. The van der Waals surface area contributed by atoms with Crippen molar-refractivity contribution in [2.45, 2.75) is 31.8 Å². The van der Waals surface area contributed by atoms with Crippen LogP contribution in [0.2, 0.25) is 5.02 Å². The molecule has 2 atom stereocenters. The number of aromatic nitrogens is 1. The molecule has 1 fully saturated rings. The maximum Gasteiger partial charge on any atom is 0.414 e. The van der Waals surface area contributed by atoms with E-state index < -0.39 is 44.5 Å². The maximum atomic E-state index is 13.1. The zero-order valence-electron chi connectivity index (χ0n) is 25.5. The summed E-state index contributed by atoms with van der Waals surface area (Å²) in [7, 11) is -1.14. The number of nitrogens with one attached hydrogen (secondary N) is 4. The van der Waals surface area contributed by atoms with E-state index in [-0.39, 0.29) is 35.0 Å². The predicted molar refractivity (Wildman–Crippen MR) is 169 cm³/mol. The largest absolute Gasteiger partial charge is 0.496 e.